The van der Waals surface area contributed by atoms with Gasteiger partial charge < -0.3 is 5.32 Å². The molecule has 144 valence electrons. The lowest BCUT2D eigenvalue weighted by atomic mass is 9.91. The minimum Gasteiger partial charge on any atom is -0.354 e. The van der Waals surface area contributed by atoms with Crippen molar-refractivity contribution in [1.82, 2.24) is 15.1 Å². The maximum Gasteiger partial charge on any atom is 0.275 e. The van der Waals surface area contributed by atoms with Gasteiger partial charge >= 0.3 is 0 Å². The molecule has 4 rings (SSSR count). The molecule has 1 heterocycles. The van der Waals surface area contributed by atoms with Gasteiger partial charge in [0.25, 0.3) is 5.56 Å². The van der Waals surface area contributed by atoms with Crippen LogP contribution in [-0.4, -0.2) is 22.2 Å². The maximum atomic E-state index is 12.6. The van der Waals surface area contributed by atoms with Crippen LogP contribution in [0.1, 0.15) is 17.0 Å². The number of fused-ring (bicyclic) bond motifs is 1. The zero-order valence-electron chi connectivity index (χ0n) is 15.9. The second-order valence-electron chi connectivity index (χ2n) is 6.87. The second kappa shape index (κ2) is 8.52. The first-order valence-corrected chi connectivity index (χ1v) is 9.54. The second-order valence-corrected chi connectivity index (χ2v) is 6.87. The van der Waals surface area contributed by atoms with Crippen LogP contribution in [0.25, 0.3) is 10.8 Å². The summed E-state index contributed by atoms with van der Waals surface area (Å²) in [7, 11) is 0. The van der Waals surface area contributed by atoms with Gasteiger partial charge in [0, 0.05) is 17.8 Å². The molecule has 0 aliphatic heterocycles. The Labute approximate surface area is 168 Å². The van der Waals surface area contributed by atoms with E-state index in [0.29, 0.717) is 11.9 Å². The lowest BCUT2D eigenvalue weighted by Gasteiger charge is -2.19. The van der Waals surface area contributed by atoms with Crippen LogP contribution in [-0.2, 0) is 11.3 Å². The SMILES string of the molecule is O=C(Cn1ncc2ccccc2c1=O)NCC(c1ccccc1)c1ccccc1. The van der Waals surface area contributed by atoms with Crippen molar-refractivity contribution in [2.75, 3.05) is 6.54 Å². The Hall–Kier alpha value is -3.73. The molecule has 0 unspecified atom stereocenters. The van der Waals surface area contributed by atoms with Crippen molar-refractivity contribution in [3.05, 3.63) is 113 Å². The van der Waals surface area contributed by atoms with E-state index in [1.807, 2.05) is 48.5 Å². The molecule has 0 bridgehead atoms. The zero-order chi connectivity index (χ0) is 20.1. The first-order valence-electron chi connectivity index (χ1n) is 9.54. The van der Waals surface area contributed by atoms with E-state index in [0.717, 1.165) is 16.5 Å². The van der Waals surface area contributed by atoms with Crippen LogP contribution in [0.5, 0.6) is 0 Å². The summed E-state index contributed by atoms with van der Waals surface area (Å²) in [4.78, 5) is 25.1. The van der Waals surface area contributed by atoms with Gasteiger partial charge in [0.1, 0.15) is 6.54 Å². The Balaban J connectivity index is 1.50. The van der Waals surface area contributed by atoms with Gasteiger partial charge in [-0.3, -0.25) is 9.59 Å². The summed E-state index contributed by atoms with van der Waals surface area (Å²) >= 11 is 0. The van der Waals surface area contributed by atoms with E-state index in [-0.39, 0.29) is 23.9 Å². The number of benzene rings is 3. The van der Waals surface area contributed by atoms with E-state index in [2.05, 4.69) is 34.7 Å². The molecule has 4 aromatic rings. The molecule has 0 saturated carbocycles. The fourth-order valence-electron chi connectivity index (χ4n) is 3.45. The first kappa shape index (κ1) is 18.6. The van der Waals surface area contributed by atoms with Crippen LogP contribution in [0.3, 0.4) is 0 Å². The van der Waals surface area contributed by atoms with Crippen LogP contribution >= 0.6 is 0 Å². The first-order chi connectivity index (χ1) is 14.2. The third-order valence-corrected chi connectivity index (χ3v) is 4.96. The fraction of sp³-hybridized carbons (Fsp3) is 0.125. The molecule has 0 spiro atoms. The normalized spacial score (nSPS) is 10.9. The standard InChI is InChI=1S/C24H21N3O2/c28-23(17-27-24(29)21-14-8-7-13-20(21)15-26-27)25-16-22(18-9-3-1-4-10-18)19-11-5-2-6-12-19/h1-15,22H,16-17H2,(H,25,28). The average Bonchev–Trinajstić information content (AvgIpc) is 2.77. The van der Waals surface area contributed by atoms with Crippen molar-refractivity contribution in [3.63, 3.8) is 0 Å². The Bertz CT molecular complexity index is 1130. The quantitative estimate of drug-likeness (QED) is 0.555. The summed E-state index contributed by atoms with van der Waals surface area (Å²) in [6.45, 7) is 0.329. The summed E-state index contributed by atoms with van der Waals surface area (Å²) < 4.78 is 1.21. The molecule has 1 aromatic heterocycles. The molecule has 0 aliphatic rings. The minimum atomic E-state index is -0.263. The highest BCUT2D eigenvalue weighted by Gasteiger charge is 2.16. The third kappa shape index (κ3) is 4.24. The number of amides is 1. The van der Waals surface area contributed by atoms with Crippen molar-refractivity contribution in [2.24, 2.45) is 0 Å². The fourth-order valence-corrected chi connectivity index (χ4v) is 3.45. The van der Waals surface area contributed by atoms with E-state index in [1.54, 1.807) is 18.3 Å². The predicted octanol–water partition coefficient (Wildman–Crippen LogP) is 3.34. The van der Waals surface area contributed by atoms with Crippen molar-refractivity contribution in [3.8, 4) is 0 Å². The lowest BCUT2D eigenvalue weighted by molar-refractivity contribution is -0.121. The molecule has 5 heteroatoms. The van der Waals surface area contributed by atoms with Crippen LogP contribution in [0.2, 0.25) is 0 Å². The maximum absolute atomic E-state index is 12.6. The topological polar surface area (TPSA) is 64.0 Å². The van der Waals surface area contributed by atoms with Crippen LogP contribution in [0, 0.1) is 0 Å². The van der Waals surface area contributed by atoms with E-state index < -0.39 is 0 Å². The number of carbonyl (C=O) groups is 1. The van der Waals surface area contributed by atoms with E-state index >= 15 is 0 Å². The zero-order valence-corrected chi connectivity index (χ0v) is 15.9. The van der Waals surface area contributed by atoms with Crippen LogP contribution < -0.4 is 10.9 Å². The Morgan fingerprint density at radius 2 is 1.45 bits per heavy atom. The predicted molar refractivity (Wildman–Crippen MR) is 114 cm³/mol. The minimum absolute atomic E-state index is 0.0302. The van der Waals surface area contributed by atoms with Crippen molar-refractivity contribution in [1.29, 1.82) is 0 Å². The molecule has 0 saturated heterocycles. The summed E-state index contributed by atoms with van der Waals surface area (Å²) in [5.74, 6) is -0.214. The summed E-state index contributed by atoms with van der Waals surface area (Å²) in [5.41, 5.74) is 1.99. The van der Waals surface area contributed by atoms with Gasteiger partial charge in [0.05, 0.1) is 11.6 Å². The molecule has 0 radical (unpaired) electrons. The van der Waals surface area contributed by atoms with E-state index in [4.69, 9.17) is 0 Å². The molecule has 0 atom stereocenters. The number of nitrogens with one attached hydrogen (secondary N) is 1. The van der Waals surface area contributed by atoms with Gasteiger partial charge in [-0.25, -0.2) is 4.68 Å². The lowest BCUT2D eigenvalue weighted by Crippen LogP contribution is -2.35. The molecular formula is C24H21N3O2. The number of rotatable bonds is 6. The van der Waals surface area contributed by atoms with E-state index in [9.17, 15) is 9.59 Å². The van der Waals surface area contributed by atoms with Gasteiger partial charge in [0.2, 0.25) is 5.91 Å². The molecular weight excluding hydrogens is 362 g/mol. The molecule has 3 aromatic carbocycles. The van der Waals surface area contributed by atoms with Gasteiger partial charge in [0.15, 0.2) is 0 Å². The van der Waals surface area contributed by atoms with E-state index in [1.165, 1.54) is 4.68 Å². The van der Waals surface area contributed by atoms with Gasteiger partial charge in [-0.15, -0.1) is 0 Å². The van der Waals surface area contributed by atoms with Gasteiger partial charge in [-0.2, -0.15) is 5.10 Å². The number of nitrogens with zero attached hydrogens (tertiary/aromatic N) is 2. The molecule has 29 heavy (non-hydrogen) atoms. The largest absolute Gasteiger partial charge is 0.354 e. The van der Waals surface area contributed by atoms with Crippen molar-refractivity contribution < 1.29 is 4.79 Å². The van der Waals surface area contributed by atoms with Crippen LogP contribution in [0.15, 0.2) is 95.9 Å². The van der Waals surface area contributed by atoms with Crippen molar-refractivity contribution in [2.45, 2.75) is 12.5 Å². The van der Waals surface area contributed by atoms with Gasteiger partial charge in [-0.05, 0) is 17.2 Å². The monoisotopic (exact) mass is 383 g/mol. The Morgan fingerprint density at radius 3 is 2.10 bits per heavy atom. The van der Waals surface area contributed by atoms with Crippen molar-refractivity contribution >= 4 is 16.7 Å². The Kier molecular flexibility index (Phi) is 5.47. The third-order valence-electron chi connectivity index (χ3n) is 4.96. The summed E-state index contributed by atoms with van der Waals surface area (Å²) in [5, 5.41) is 8.42. The highest BCUT2D eigenvalue weighted by molar-refractivity contribution is 5.81. The highest BCUT2D eigenvalue weighted by Crippen LogP contribution is 2.23. The average molecular weight is 383 g/mol. The highest BCUT2D eigenvalue weighted by atomic mass is 16.2. The number of hydrogen-bond donors (Lipinski definition) is 1. The molecule has 0 fully saturated rings. The molecule has 1 N–H and O–H groups in total. The summed E-state index contributed by atoms with van der Waals surface area (Å²) in [6, 6.07) is 27.4. The number of hydrogen-bond acceptors (Lipinski definition) is 3. The molecule has 1 amide bonds. The smallest absolute Gasteiger partial charge is 0.275 e. The molecule has 0 aliphatic carbocycles. The Morgan fingerprint density at radius 1 is 0.862 bits per heavy atom. The molecule has 5 nitrogen and oxygen atoms in total. The van der Waals surface area contributed by atoms with Crippen LogP contribution in [0.4, 0.5) is 0 Å². The van der Waals surface area contributed by atoms with Gasteiger partial charge in [-0.1, -0.05) is 78.9 Å². The summed E-state index contributed by atoms with van der Waals surface area (Å²) in [6.07, 6.45) is 1.61. The number of aromatic nitrogens is 2. The number of carbonyl (C=O) groups excluding carboxylic acids is 1.